The third-order valence-electron chi connectivity index (χ3n) is 5.65. The first-order valence-electron chi connectivity index (χ1n) is 10.5. The van der Waals surface area contributed by atoms with Gasteiger partial charge in [0.1, 0.15) is 29.3 Å². The second-order valence-electron chi connectivity index (χ2n) is 8.00. The van der Waals surface area contributed by atoms with E-state index in [9.17, 15) is 13.6 Å². The first kappa shape index (κ1) is 22.9. The van der Waals surface area contributed by atoms with Gasteiger partial charge in [-0.15, -0.1) is 0 Å². The van der Waals surface area contributed by atoms with Crippen LogP contribution in [0.3, 0.4) is 0 Å². The number of carbonyl (C=O) groups excluding carboxylic acids is 1. The van der Waals surface area contributed by atoms with Gasteiger partial charge in [-0.1, -0.05) is 23.7 Å². The molecule has 1 saturated heterocycles. The number of amides is 1. The fourth-order valence-corrected chi connectivity index (χ4v) is 4.18. The summed E-state index contributed by atoms with van der Waals surface area (Å²) in [6.07, 6.45) is 1.31. The maximum absolute atomic E-state index is 14.2. The topological polar surface area (TPSA) is 94.5 Å². The smallest absolute Gasteiger partial charge is 0.253 e. The van der Waals surface area contributed by atoms with Gasteiger partial charge >= 0.3 is 0 Å². The van der Waals surface area contributed by atoms with Crippen LogP contribution in [0.1, 0.15) is 35.4 Å². The minimum Gasteiger partial charge on any atom is -0.484 e. The molecule has 0 saturated carbocycles. The number of halogens is 3. The highest BCUT2D eigenvalue weighted by Gasteiger charge is 2.24. The van der Waals surface area contributed by atoms with Crippen LogP contribution in [0.2, 0.25) is 5.02 Å². The summed E-state index contributed by atoms with van der Waals surface area (Å²) in [6.45, 7) is 2.75. The standard InChI is InChI=1S/C24H23ClF2N4O2/c1-13(21-19(26)6-7-20(27)22(21)25)33-17-10-18(23(29)30-11-17)14-2-4-15(5-3-14)24(32)31-9-8-16(28)12-31/h2-7,10-11,13,16H,8-9,12,28H2,1H3,(H2,29,30)/t13?,16-/m1/s1. The van der Waals surface area contributed by atoms with E-state index < -0.39 is 17.7 Å². The predicted octanol–water partition coefficient (Wildman–Crippen LogP) is 4.58. The number of hydrogen-bond donors (Lipinski definition) is 2. The molecule has 2 heterocycles. The molecule has 0 aliphatic carbocycles. The zero-order chi connectivity index (χ0) is 23.7. The molecular formula is C24H23ClF2N4O2. The van der Waals surface area contributed by atoms with Crippen LogP contribution >= 0.6 is 11.6 Å². The number of nitrogens with two attached hydrogens (primary N) is 2. The van der Waals surface area contributed by atoms with Crippen molar-refractivity contribution in [2.75, 3.05) is 18.8 Å². The summed E-state index contributed by atoms with van der Waals surface area (Å²) in [4.78, 5) is 18.5. The zero-order valence-electron chi connectivity index (χ0n) is 17.9. The first-order valence-corrected chi connectivity index (χ1v) is 10.8. The Kier molecular flexibility index (Phi) is 6.49. The van der Waals surface area contributed by atoms with Gasteiger partial charge in [0.05, 0.1) is 11.2 Å². The van der Waals surface area contributed by atoms with Crippen molar-refractivity contribution in [3.8, 4) is 16.9 Å². The number of nitrogens with zero attached hydrogens (tertiary/aromatic N) is 2. The minimum atomic E-state index is -0.877. The molecule has 0 radical (unpaired) electrons. The Hall–Kier alpha value is -3.23. The lowest BCUT2D eigenvalue weighted by atomic mass is 10.0. The van der Waals surface area contributed by atoms with Crippen molar-refractivity contribution < 1.29 is 18.3 Å². The van der Waals surface area contributed by atoms with Gasteiger partial charge in [-0.25, -0.2) is 13.8 Å². The van der Waals surface area contributed by atoms with E-state index >= 15 is 0 Å². The van der Waals surface area contributed by atoms with Crippen LogP contribution in [-0.4, -0.2) is 34.9 Å². The number of hydrogen-bond acceptors (Lipinski definition) is 5. The lowest BCUT2D eigenvalue weighted by molar-refractivity contribution is 0.0791. The van der Waals surface area contributed by atoms with Crippen molar-refractivity contribution in [3.05, 3.63) is 76.4 Å². The van der Waals surface area contributed by atoms with Gasteiger partial charge in [-0.2, -0.15) is 0 Å². The number of aromatic nitrogens is 1. The Morgan fingerprint density at radius 1 is 1.21 bits per heavy atom. The number of rotatable bonds is 5. The molecule has 4 N–H and O–H groups in total. The van der Waals surface area contributed by atoms with E-state index in [-0.39, 0.29) is 28.4 Å². The molecule has 1 unspecified atom stereocenters. The van der Waals surface area contributed by atoms with Crippen molar-refractivity contribution in [3.63, 3.8) is 0 Å². The third kappa shape index (κ3) is 4.77. The lowest BCUT2D eigenvalue weighted by Crippen LogP contribution is -2.31. The van der Waals surface area contributed by atoms with E-state index in [0.29, 0.717) is 30.0 Å². The van der Waals surface area contributed by atoms with Gasteiger partial charge in [-0.3, -0.25) is 4.79 Å². The molecule has 1 fully saturated rings. The largest absolute Gasteiger partial charge is 0.484 e. The number of carbonyl (C=O) groups is 1. The fraction of sp³-hybridized carbons (Fsp3) is 0.250. The van der Waals surface area contributed by atoms with Gasteiger partial charge in [0.15, 0.2) is 0 Å². The van der Waals surface area contributed by atoms with Crippen LogP contribution in [0.25, 0.3) is 11.1 Å². The summed E-state index contributed by atoms with van der Waals surface area (Å²) in [6, 6.07) is 10.6. The Labute approximate surface area is 195 Å². The Balaban J connectivity index is 1.55. The quantitative estimate of drug-likeness (QED) is 0.530. The van der Waals surface area contributed by atoms with E-state index in [1.807, 2.05) is 0 Å². The highest BCUT2D eigenvalue weighted by molar-refractivity contribution is 6.31. The van der Waals surface area contributed by atoms with Crippen molar-refractivity contribution in [1.29, 1.82) is 0 Å². The van der Waals surface area contributed by atoms with Gasteiger partial charge < -0.3 is 21.1 Å². The monoisotopic (exact) mass is 472 g/mol. The molecule has 0 bridgehead atoms. The van der Waals surface area contributed by atoms with Gasteiger partial charge in [0.2, 0.25) is 0 Å². The molecule has 33 heavy (non-hydrogen) atoms. The SMILES string of the molecule is CC(Oc1cnc(N)c(-c2ccc(C(=O)N3CC[C@@H](N)C3)cc2)c1)c1c(F)ccc(F)c1Cl. The average Bonchev–Trinajstić information content (AvgIpc) is 3.24. The fourth-order valence-electron chi connectivity index (χ4n) is 3.88. The van der Waals surface area contributed by atoms with E-state index in [1.165, 1.54) is 6.20 Å². The Bertz CT molecular complexity index is 1190. The molecule has 3 aromatic rings. The molecule has 2 aromatic carbocycles. The molecule has 9 heteroatoms. The van der Waals surface area contributed by atoms with Crippen molar-refractivity contribution >= 4 is 23.3 Å². The van der Waals surface area contributed by atoms with Crippen LogP contribution in [0.5, 0.6) is 5.75 Å². The summed E-state index contributed by atoms with van der Waals surface area (Å²) in [5.74, 6) is -0.908. The molecule has 0 spiro atoms. The minimum absolute atomic E-state index is 0.0139. The van der Waals surface area contributed by atoms with Crippen LogP contribution < -0.4 is 16.2 Å². The average molecular weight is 473 g/mol. The number of pyridine rings is 1. The van der Waals surface area contributed by atoms with Gasteiger partial charge in [-0.05, 0) is 49.2 Å². The molecule has 6 nitrogen and oxygen atoms in total. The number of likely N-dealkylation sites (tertiary alicyclic amines) is 1. The molecular weight excluding hydrogens is 450 g/mol. The Morgan fingerprint density at radius 2 is 1.91 bits per heavy atom. The van der Waals surface area contributed by atoms with E-state index in [4.69, 9.17) is 27.8 Å². The number of ether oxygens (including phenoxy) is 1. The summed E-state index contributed by atoms with van der Waals surface area (Å²) in [5, 5.41) is -0.328. The number of benzene rings is 2. The third-order valence-corrected chi connectivity index (χ3v) is 6.03. The van der Waals surface area contributed by atoms with Gasteiger partial charge in [0, 0.05) is 35.8 Å². The molecule has 172 valence electrons. The maximum Gasteiger partial charge on any atom is 0.253 e. The van der Waals surface area contributed by atoms with E-state index in [2.05, 4.69) is 4.98 Å². The van der Waals surface area contributed by atoms with Crippen LogP contribution in [0, 0.1) is 11.6 Å². The molecule has 4 rings (SSSR count). The van der Waals surface area contributed by atoms with E-state index in [0.717, 1.165) is 24.1 Å². The Morgan fingerprint density at radius 3 is 2.58 bits per heavy atom. The number of nitrogen functional groups attached to an aromatic ring is 1. The van der Waals surface area contributed by atoms with E-state index in [1.54, 1.807) is 42.2 Å². The zero-order valence-corrected chi connectivity index (χ0v) is 18.7. The van der Waals surface area contributed by atoms with Crippen LogP contribution in [0.15, 0.2) is 48.7 Å². The van der Waals surface area contributed by atoms with Crippen LogP contribution in [0.4, 0.5) is 14.6 Å². The highest BCUT2D eigenvalue weighted by Crippen LogP contribution is 2.34. The summed E-state index contributed by atoms with van der Waals surface area (Å²) in [7, 11) is 0. The highest BCUT2D eigenvalue weighted by atomic mass is 35.5. The van der Waals surface area contributed by atoms with Gasteiger partial charge in [0.25, 0.3) is 5.91 Å². The van der Waals surface area contributed by atoms with Crippen LogP contribution in [-0.2, 0) is 0 Å². The number of anilines is 1. The maximum atomic E-state index is 14.2. The first-order chi connectivity index (χ1) is 15.7. The summed E-state index contributed by atoms with van der Waals surface area (Å²) in [5.41, 5.74) is 13.7. The summed E-state index contributed by atoms with van der Waals surface area (Å²) < 4.78 is 33.8. The normalized spacial score (nSPS) is 16.6. The lowest BCUT2D eigenvalue weighted by Gasteiger charge is -2.18. The molecule has 2 atom stereocenters. The molecule has 1 aliphatic heterocycles. The molecule has 1 aliphatic rings. The molecule has 1 amide bonds. The summed E-state index contributed by atoms with van der Waals surface area (Å²) >= 11 is 5.94. The second-order valence-corrected chi connectivity index (χ2v) is 8.38. The molecule has 1 aromatic heterocycles. The predicted molar refractivity (Wildman–Crippen MR) is 123 cm³/mol. The van der Waals surface area contributed by atoms with Crippen molar-refractivity contribution in [2.24, 2.45) is 5.73 Å². The van der Waals surface area contributed by atoms with Crippen molar-refractivity contribution in [1.82, 2.24) is 9.88 Å². The van der Waals surface area contributed by atoms with Crippen molar-refractivity contribution in [2.45, 2.75) is 25.5 Å². The second kappa shape index (κ2) is 9.33.